The molecule has 0 saturated heterocycles. The molecule has 4 rings (SSSR count). The molecule has 30 heavy (non-hydrogen) atoms. The minimum absolute atomic E-state index is 0.118. The second-order valence-electron chi connectivity index (χ2n) is 6.92. The molecule has 8 heteroatoms. The Bertz CT molecular complexity index is 1080. The lowest BCUT2D eigenvalue weighted by Crippen LogP contribution is -2.38. The van der Waals surface area contributed by atoms with Crippen LogP contribution < -0.4 is 5.32 Å². The Hall–Kier alpha value is -3.81. The first-order valence-corrected chi connectivity index (χ1v) is 9.57. The zero-order valence-electron chi connectivity index (χ0n) is 16.2. The lowest BCUT2D eigenvalue weighted by molar-refractivity contribution is -0.132. The van der Waals surface area contributed by atoms with Crippen molar-refractivity contribution < 1.29 is 14.0 Å². The molecule has 0 spiro atoms. The van der Waals surface area contributed by atoms with Gasteiger partial charge in [0.05, 0.1) is 18.6 Å². The first-order chi connectivity index (χ1) is 14.6. The summed E-state index contributed by atoms with van der Waals surface area (Å²) < 4.78 is 15.9. The van der Waals surface area contributed by atoms with Gasteiger partial charge in [0.15, 0.2) is 0 Å². The fourth-order valence-electron chi connectivity index (χ4n) is 3.20. The lowest BCUT2D eigenvalue weighted by atomic mass is 10.1. The number of carbonyl (C=O) groups excluding carboxylic acids is 2. The highest BCUT2D eigenvalue weighted by atomic mass is 19.1. The van der Waals surface area contributed by atoms with E-state index >= 15 is 0 Å². The molecule has 1 aromatic heterocycles. The summed E-state index contributed by atoms with van der Waals surface area (Å²) >= 11 is 0. The third-order valence-electron chi connectivity index (χ3n) is 4.79. The van der Waals surface area contributed by atoms with Crippen molar-refractivity contribution in [2.24, 2.45) is 5.10 Å². The van der Waals surface area contributed by atoms with Gasteiger partial charge in [0.2, 0.25) is 5.91 Å². The topological polar surface area (TPSA) is 79.6 Å². The van der Waals surface area contributed by atoms with Gasteiger partial charge in [0.1, 0.15) is 11.5 Å². The van der Waals surface area contributed by atoms with Crippen LogP contribution in [0.15, 0.2) is 72.4 Å². The smallest absolute Gasteiger partial charge is 0.267 e. The molecule has 1 aliphatic heterocycles. The number of halogens is 1. The number of nitrogens with one attached hydrogen (secondary N) is 1. The monoisotopic (exact) mass is 405 g/mol. The molecule has 3 aromatic rings. The Morgan fingerprint density at radius 1 is 1.10 bits per heavy atom. The fourth-order valence-corrected chi connectivity index (χ4v) is 3.20. The number of hydrazone groups is 1. The average Bonchev–Trinajstić information content (AvgIpc) is 3.29. The summed E-state index contributed by atoms with van der Waals surface area (Å²) in [6.07, 6.45) is 5.26. The highest BCUT2D eigenvalue weighted by Gasteiger charge is 2.24. The fraction of sp³-hybridized carbons (Fsp3) is 0.182. The summed E-state index contributed by atoms with van der Waals surface area (Å²) in [5, 5.41) is 8.32. The number of hydrogen-bond acceptors (Lipinski definition) is 4. The van der Waals surface area contributed by atoms with Crippen LogP contribution in [0.2, 0.25) is 0 Å². The second-order valence-corrected chi connectivity index (χ2v) is 6.92. The molecule has 0 fully saturated rings. The normalized spacial score (nSPS) is 13.8. The van der Waals surface area contributed by atoms with Crippen molar-refractivity contribution in [3.63, 3.8) is 0 Å². The van der Waals surface area contributed by atoms with Gasteiger partial charge in [-0.3, -0.25) is 9.59 Å². The summed E-state index contributed by atoms with van der Waals surface area (Å²) in [6, 6.07) is 14.2. The average molecular weight is 405 g/mol. The number of rotatable bonds is 6. The molecule has 2 aromatic carbocycles. The van der Waals surface area contributed by atoms with Crippen LogP contribution in [0.4, 0.5) is 4.39 Å². The minimum atomic E-state index is -0.408. The van der Waals surface area contributed by atoms with Crippen molar-refractivity contribution in [2.45, 2.75) is 25.9 Å². The lowest BCUT2D eigenvalue weighted by Gasteiger charge is -2.23. The van der Waals surface area contributed by atoms with Crippen molar-refractivity contribution in [3.05, 3.63) is 84.2 Å². The number of aromatic nitrogens is 2. The first kappa shape index (κ1) is 19.5. The third kappa shape index (κ3) is 4.43. The summed E-state index contributed by atoms with van der Waals surface area (Å²) in [7, 11) is 0. The minimum Gasteiger partial charge on any atom is -0.347 e. The molecule has 0 unspecified atom stereocenters. The predicted molar refractivity (Wildman–Crippen MR) is 109 cm³/mol. The summed E-state index contributed by atoms with van der Waals surface area (Å²) in [5.74, 6) is -0.887. The summed E-state index contributed by atoms with van der Waals surface area (Å²) in [5.41, 5.74) is 2.23. The molecule has 0 radical (unpaired) electrons. The van der Waals surface area contributed by atoms with Gasteiger partial charge in [-0.1, -0.05) is 36.4 Å². The van der Waals surface area contributed by atoms with E-state index in [0.717, 1.165) is 5.56 Å². The summed E-state index contributed by atoms with van der Waals surface area (Å²) in [4.78, 5) is 28.6. The van der Waals surface area contributed by atoms with E-state index in [4.69, 9.17) is 0 Å². The van der Waals surface area contributed by atoms with E-state index in [1.54, 1.807) is 29.1 Å². The number of benzene rings is 2. The maximum absolute atomic E-state index is 14.4. The number of nitrogens with zero attached hydrogens (tertiary/aromatic N) is 4. The van der Waals surface area contributed by atoms with Crippen LogP contribution in [-0.2, 0) is 22.7 Å². The van der Waals surface area contributed by atoms with E-state index in [9.17, 15) is 14.0 Å². The molecule has 2 heterocycles. The van der Waals surface area contributed by atoms with Crippen LogP contribution in [-0.4, -0.2) is 32.1 Å². The Balaban J connectivity index is 1.40. The van der Waals surface area contributed by atoms with Crippen molar-refractivity contribution in [2.75, 3.05) is 0 Å². The van der Waals surface area contributed by atoms with E-state index in [1.165, 1.54) is 17.4 Å². The van der Waals surface area contributed by atoms with Gasteiger partial charge in [0, 0.05) is 31.8 Å². The molecule has 0 aliphatic carbocycles. The van der Waals surface area contributed by atoms with E-state index < -0.39 is 5.82 Å². The largest absolute Gasteiger partial charge is 0.347 e. The Morgan fingerprint density at radius 2 is 1.93 bits per heavy atom. The maximum Gasteiger partial charge on any atom is 0.267 e. The standard InChI is InChI=1S/C22H20FN5O2/c23-18-12-17(6-8-20(18)27-11-10-24-15-27)13-25-22(30)19-7-9-21(29)28(26-19)14-16-4-2-1-3-5-16/h1-6,8,10-12,15H,7,9,13-14H2,(H,25,30). The molecule has 0 bridgehead atoms. The third-order valence-corrected chi connectivity index (χ3v) is 4.79. The molecular formula is C22H20FN5O2. The van der Waals surface area contributed by atoms with E-state index in [2.05, 4.69) is 15.4 Å². The maximum atomic E-state index is 14.4. The Morgan fingerprint density at radius 3 is 2.67 bits per heavy atom. The Labute approximate surface area is 172 Å². The number of amides is 2. The van der Waals surface area contributed by atoms with Gasteiger partial charge >= 0.3 is 0 Å². The molecule has 2 amide bonds. The van der Waals surface area contributed by atoms with Gasteiger partial charge in [0.25, 0.3) is 5.91 Å². The molecule has 0 atom stereocenters. The SMILES string of the molecule is O=C(NCc1ccc(-n2ccnc2)c(F)c1)C1=NN(Cc2ccccc2)C(=O)CC1. The zero-order valence-corrected chi connectivity index (χ0v) is 16.2. The van der Waals surface area contributed by atoms with Crippen LogP contribution in [0.5, 0.6) is 0 Å². The van der Waals surface area contributed by atoms with E-state index in [1.807, 2.05) is 30.3 Å². The zero-order chi connectivity index (χ0) is 20.9. The molecule has 1 aliphatic rings. The predicted octanol–water partition coefficient (Wildman–Crippen LogP) is 2.81. The van der Waals surface area contributed by atoms with Gasteiger partial charge in [-0.2, -0.15) is 5.10 Å². The van der Waals surface area contributed by atoms with Gasteiger partial charge in [-0.05, 0) is 23.3 Å². The quantitative estimate of drug-likeness (QED) is 0.685. The van der Waals surface area contributed by atoms with Gasteiger partial charge in [-0.25, -0.2) is 14.4 Å². The van der Waals surface area contributed by atoms with Crippen molar-refractivity contribution in [1.82, 2.24) is 19.9 Å². The molecular weight excluding hydrogens is 385 g/mol. The van der Waals surface area contributed by atoms with Crippen LogP contribution in [0.1, 0.15) is 24.0 Å². The number of imidazole rings is 1. The van der Waals surface area contributed by atoms with Crippen molar-refractivity contribution >= 4 is 17.5 Å². The Kier molecular flexibility index (Phi) is 5.65. The van der Waals surface area contributed by atoms with Crippen LogP contribution in [0, 0.1) is 5.82 Å². The molecule has 7 nitrogen and oxygen atoms in total. The molecule has 1 N–H and O–H groups in total. The van der Waals surface area contributed by atoms with Crippen LogP contribution in [0.25, 0.3) is 5.69 Å². The van der Waals surface area contributed by atoms with Crippen LogP contribution in [0.3, 0.4) is 0 Å². The molecule has 0 saturated carbocycles. The van der Waals surface area contributed by atoms with Crippen molar-refractivity contribution in [1.29, 1.82) is 0 Å². The molecule has 152 valence electrons. The highest BCUT2D eigenvalue weighted by Crippen LogP contribution is 2.16. The van der Waals surface area contributed by atoms with Crippen molar-refractivity contribution in [3.8, 4) is 5.69 Å². The van der Waals surface area contributed by atoms with Gasteiger partial charge < -0.3 is 9.88 Å². The first-order valence-electron chi connectivity index (χ1n) is 9.57. The van der Waals surface area contributed by atoms with Gasteiger partial charge in [-0.15, -0.1) is 0 Å². The second kappa shape index (κ2) is 8.69. The van der Waals surface area contributed by atoms with E-state index in [-0.39, 0.29) is 31.2 Å². The van der Waals surface area contributed by atoms with E-state index in [0.29, 0.717) is 23.5 Å². The number of hydrogen-bond donors (Lipinski definition) is 1. The summed E-state index contributed by atoms with van der Waals surface area (Å²) in [6.45, 7) is 0.475. The number of carbonyl (C=O) groups is 2. The van der Waals surface area contributed by atoms with Crippen LogP contribution >= 0.6 is 0 Å². The highest BCUT2D eigenvalue weighted by molar-refractivity contribution is 6.39.